The zero-order chi connectivity index (χ0) is 12.1. The van der Waals surface area contributed by atoms with Gasteiger partial charge < -0.3 is 10.1 Å². The van der Waals surface area contributed by atoms with Gasteiger partial charge in [-0.3, -0.25) is 0 Å². The lowest BCUT2D eigenvalue weighted by Gasteiger charge is -2.24. The van der Waals surface area contributed by atoms with Gasteiger partial charge in [-0.1, -0.05) is 12.5 Å². The van der Waals surface area contributed by atoms with Gasteiger partial charge in [-0.25, -0.2) is 0 Å². The highest BCUT2D eigenvalue weighted by Gasteiger charge is 2.15. The normalized spacial score (nSPS) is 20.2. The molecule has 0 radical (unpaired) electrons. The van der Waals surface area contributed by atoms with Crippen LogP contribution in [0.25, 0.3) is 0 Å². The summed E-state index contributed by atoms with van der Waals surface area (Å²) in [6, 6.07) is 7.16. The molecule has 0 saturated carbocycles. The summed E-state index contributed by atoms with van der Waals surface area (Å²) in [5, 5.41) is 3.59. The van der Waals surface area contributed by atoms with Gasteiger partial charge in [-0.05, 0) is 49.8 Å². The summed E-state index contributed by atoms with van der Waals surface area (Å²) in [6.07, 6.45) is 7.13. The zero-order valence-corrected chi connectivity index (χ0v) is 11.5. The molecule has 1 unspecified atom stereocenters. The van der Waals surface area contributed by atoms with Crippen molar-refractivity contribution >= 4 is 11.8 Å². The topological polar surface area (TPSA) is 21.3 Å². The van der Waals surface area contributed by atoms with E-state index in [0.29, 0.717) is 6.04 Å². The minimum Gasteiger partial charge on any atom is -0.496 e. The molecule has 0 amide bonds. The third kappa shape index (κ3) is 3.39. The predicted octanol–water partition coefficient (Wildman–Crippen LogP) is 3.10. The van der Waals surface area contributed by atoms with Crippen molar-refractivity contribution in [3.63, 3.8) is 0 Å². The van der Waals surface area contributed by atoms with Crippen molar-refractivity contribution in [3.8, 4) is 5.75 Å². The first kappa shape index (κ1) is 12.8. The van der Waals surface area contributed by atoms with E-state index in [2.05, 4.69) is 29.8 Å². The molecule has 1 aromatic rings. The maximum absolute atomic E-state index is 5.49. The van der Waals surface area contributed by atoms with Gasteiger partial charge in [0.15, 0.2) is 0 Å². The van der Waals surface area contributed by atoms with Gasteiger partial charge in [0.1, 0.15) is 5.75 Å². The molecule has 1 heterocycles. The third-order valence-corrected chi connectivity index (χ3v) is 4.10. The number of rotatable bonds is 4. The number of benzene rings is 1. The molecule has 1 fully saturated rings. The maximum Gasteiger partial charge on any atom is 0.123 e. The first-order chi connectivity index (χ1) is 8.33. The van der Waals surface area contributed by atoms with Crippen molar-refractivity contribution < 1.29 is 4.74 Å². The average molecular weight is 251 g/mol. The molecular formula is C14H21NOS. The maximum atomic E-state index is 5.49. The van der Waals surface area contributed by atoms with Crippen LogP contribution in [0.3, 0.4) is 0 Å². The number of ether oxygens (including phenoxy) is 1. The van der Waals surface area contributed by atoms with E-state index in [-0.39, 0.29) is 0 Å². The van der Waals surface area contributed by atoms with Crippen LogP contribution in [0.4, 0.5) is 0 Å². The van der Waals surface area contributed by atoms with Gasteiger partial charge in [0.05, 0.1) is 7.11 Å². The molecular weight excluding hydrogens is 230 g/mol. The summed E-state index contributed by atoms with van der Waals surface area (Å²) in [7, 11) is 1.76. The number of methoxy groups -OCH3 is 1. The van der Waals surface area contributed by atoms with Crippen LogP contribution < -0.4 is 10.1 Å². The zero-order valence-electron chi connectivity index (χ0n) is 10.7. The molecule has 2 nitrogen and oxygen atoms in total. The second-order valence-electron chi connectivity index (χ2n) is 4.53. The van der Waals surface area contributed by atoms with Crippen molar-refractivity contribution in [2.24, 2.45) is 0 Å². The Kier molecular flexibility index (Phi) is 4.75. The van der Waals surface area contributed by atoms with E-state index in [1.807, 2.05) is 0 Å². The highest BCUT2D eigenvalue weighted by atomic mass is 32.2. The Morgan fingerprint density at radius 2 is 2.29 bits per heavy atom. The summed E-state index contributed by atoms with van der Waals surface area (Å²) in [5.74, 6) is 1.03. The fourth-order valence-corrected chi connectivity index (χ4v) is 2.81. The predicted molar refractivity (Wildman–Crippen MR) is 74.1 cm³/mol. The van der Waals surface area contributed by atoms with Gasteiger partial charge >= 0.3 is 0 Å². The lowest BCUT2D eigenvalue weighted by molar-refractivity contribution is 0.381. The first-order valence-corrected chi connectivity index (χ1v) is 7.50. The van der Waals surface area contributed by atoms with Crippen LogP contribution in [-0.2, 0) is 6.42 Å². The van der Waals surface area contributed by atoms with E-state index < -0.39 is 0 Å². The van der Waals surface area contributed by atoms with Gasteiger partial charge in [0.2, 0.25) is 0 Å². The summed E-state index contributed by atoms with van der Waals surface area (Å²) >= 11 is 1.76. The van der Waals surface area contributed by atoms with E-state index in [0.717, 1.165) is 18.7 Å². The molecule has 3 heteroatoms. The van der Waals surface area contributed by atoms with E-state index >= 15 is 0 Å². The molecule has 1 aromatic carbocycles. The molecule has 0 bridgehead atoms. The van der Waals surface area contributed by atoms with Crippen molar-refractivity contribution in [2.75, 3.05) is 19.9 Å². The summed E-state index contributed by atoms with van der Waals surface area (Å²) < 4.78 is 5.49. The molecule has 1 saturated heterocycles. The first-order valence-electron chi connectivity index (χ1n) is 6.28. The molecule has 2 rings (SSSR count). The lowest BCUT2D eigenvalue weighted by Crippen LogP contribution is -2.35. The van der Waals surface area contributed by atoms with Crippen LogP contribution >= 0.6 is 11.8 Å². The van der Waals surface area contributed by atoms with Crippen LogP contribution in [0.1, 0.15) is 24.8 Å². The highest BCUT2D eigenvalue weighted by Crippen LogP contribution is 2.27. The van der Waals surface area contributed by atoms with Crippen LogP contribution in [0.15, 0.2) is 23.1 Å². The number of hydrogen-bond donors (Lipinski definition) is 1. The molecule has 1 N–H and O–H groups in total. The average Bonchev–Trinajstić information content (AvgIpc) is 2.40. The van der Waals surface area contributed by atoms with E-state index in [4.69, 9.17) is 4.74 Å². The molecule has 1 atom stereocenters. The van der Waals surface area contributed by atoms with Crippen LogP contribution in [0.5, 0.6) is 5.75 Å². The highest BCUT2D eigenvalue weighted by molar-refractivity contribution is 7.98. The van der Waals surface area contributed by atoms with Gasteiger partial charge in [-0.15, -0.1) is 11.8 Å². The minimum absolute atomic E-state index is 0.623. The van der Waals surface area contributed by atoms with Crippen LogP contribution in [0, 0.1) is 0 Å². The molecule has 1 aliphatic rings. The van der Waals surface area contributed by atoms with Crippen LogP contribution in [0.2, 0.25) is 0 Å². The van der Waals surface area contributed by atoms with Gasteiger partial charge in [0.25, 0.3) is 0 Å². The van der Waals surface area contributed by atoms with Crippen LogP contribution in [-0.4, -0.2) is 26.0 Å². The number of thioether (sulfide) groups is 1. The molecule has 1 aliphatic heterocycles. The van der Waals surface area contributed by atoms with Gasteiger partial charge in [0, 0.05) is 10.9 Å². The summed E-state index contributed by atoms with van der Waals surface area (Å²) in [6.45, 7) is 1.16. The molecule has 0 aromatic heterocycles. The molecule has 17 heavy (non-hydrogen) atoms. The monoisotopic (exact) mass is 251 g/mol. The van der Waals surface area contributed by atoms with E-state index in [9.17, 15) is 0 Å². The second kappa shape index (κ2) is 6.31. The van der Waals surface area contributed by atoms with Crippen molar-refractivity contribution in [3.05, 3.63) is 23.8 Å². The van der Waals surface area contributed by atoms with Crippen molar-refractivity contribution in [2.45, 2.75) is 36.6 Å². The smallest absolute Gasteiger partial charge is 0.123 e. The molecule has 94 valence electrons. The SMILES string of the molecule is COc1cc(SC)ccc1CC1CCCCN1. The Bertz CT molecular complexity index is 361. The minimum atomic E-state index is 0.623. The Morgan fingerprint density at radius 3 is 2.94 bits per heavy atom. The largest absolute Gasteiger partial charge is 0.496 e. The Morgan fingerprint density at radius 1 is 1.41 bits per heavy atom. The number of nitrogens with one attached hydrogen (secondary N) is 1. The quantitative estimate of drug-likeness (QED) is 0.831. The third-order valence-electron chi connectivity index (χ3n) is 3.37. The van der Waals surface area contributed by atoms with Gasteiger partial charge in [-0.2, -0.15) is 0 Å². The number of hydrogen-bond acceptors (Lipinski definition) is 3. The molecule has 0 spiro atoms. The summed E-state index contributed by atoms with van der Waals surface area (Å²) in [4.78, 5) is 1.27. The van der Waals surface area contributed by atoms with E-state index in [1.54, 1.807) is 18.9 Å². The Balaban J connectivity index is 2.08. The van der Waals surface area contributed by atoms with E-state index in [1.165, 1.54) is 29.7 Å². The summed E-state index contributed by atoms with van der Waals surface area (Å²) in [5.41, 5.74) is 1.32. The molecule has 0 aliphatic carbocycles. The number of piperidine rings is 1. The standard InChI is InChI=1S/C14H21NOS/c1-16-14-10-13(17-2)7-6-11(14)9-12-5-3-4-8-15-12/h6-7,10,12,15H,3-5,8-9H2,1-2H3. The lowest BCUT2D eigenvalue weighted by atomic mass is 9.97. The Hall–Kier alpha value is -0.670. The fourth-order valence-electron chi connectivity index (χ4n) is 2.38. The second-order valence-corrected chi connectivity index (χ2v) is 5.41. The Labute approximate surface area is 108 Å². The van der Waals surface area contributed by atoms with Crippen molar-refractivity contribution in [1.29, 1.82) is 0 Å². The van der Waals surface area contributed by atoms with Crippen molar-refractivity contribution in [1.82, 2.24) is 5.32 Å². The fraction of sp³-hybridized carbons (Fsp3) is 0.571.